The summed E-state index contributed by atoms with van der Waals surface area (Å²) >= 11 is 0. The minimum Gasteiger partial charge on any atom is -0.491 e. The number of hydrogen-bond donors (Lipinski definition) is 3. The molecule has 3 N–H and O–H groups in total. The van der Waals surface area contributed by atoms with Crippen molar-refractivity contribution in [3.63, 3.8) is 0 Å². The van der Waals surface area contributed by atoms with E-state index in [9.17, 15) is 14.3 Å². The molecule has 0 atom stereocenters. The average molecular weight is 460 g/mol. The van der Waals surface area contributed by atoms with Crippen LogP contribution in [-0.4, -0.2) is 53.9 Å². The van der Waals surface area contributed by atoms with E-state index in [1.165, 1.54) is 12.1 Å². The number of nitrogens with one attached hydrogen (secondary N) is 2. The van der Waals surface area contributed by atoms with Crippen LogP contribution in [0.15, 0.2) is 60.4 Å². The summed E-state index contributed by atoms with van der Waals surface area (Å²) in [6, 6.07) is 6.30. The molecule has 6 nitrogen and oxygen atoms in total. The third-order valence-electron chi connectivity index (χ3n) is 5.15. The zero-order valence-electron chi connectivity index (χ0n) is 20.0. The standard InChI is InChI=1S/C26H38FN3O3/c1-4-5-8-24(33-20-26(2,3)32)9-6-7-16-29-25(31)30(23-14-17-28-18-15-23)19-21-10-12-22(27)13-11-21/h5-13,23,28,32H,4,14-20H2,1-3H3,(H,29,31)/b7-6+,8-5-,24-9+. The molecule has 0 aliphatic carbocycles. The molecule has 182 valence electrons. The first kappa shape index (κ1) is 26.6. The minimum atomic E-state index is -0.917. The molecule has 2 rings (SSSR count). The lowest BCUT2D eigenvalue weighted by atomic mass is 10.0. The molecule has 0 saturated carbocycles. The summed E-state index contributed by atoms with van der Waals surface area (Å²) in [7, 11) is 0. The Balaban J connectivity index is 1.96. The summed E-state index contributed by atoms with van der Waals surface area (Å²) in [5.41, 5.74) is -0.0146. The molecule has 1 aromatic carbocycles. The molecule has 1 fully saturated rings. The van der Waals surface area contributed by atoms with E-state index in [4.69, 9.17) is 4.74 Å². The highest BCUT2D eigenvalue weighted by Crippen LogP contribution is 2.16. The van der Waals surface area contributed by atoms with Crippen molar-refractivity contribution in [2.75, 3.05) is 26.2 Å². The molecule has 1 aliphatic rings. The predicted molar refractivity (Wildman–Crippen MR) is 130 cm³/mol. The number of rotatable bonds is 11. The fourth-order valence-electron chi connectivity index (χ4n) is 3.40. The van der Waals surface area contributed by atoms with Gasteiger partial charge in [-0.05, 0) is 76.0 Å². The number of ether oxygens (including phenoxy) is 1. The van der Waals surface area contributed by atoms with Crippen LogP contribution in [0.2, 0.25) is 0 Å². The summed E-state index contributed by atoms with van der Waals surface area (Å²) in [6.45, 7) is 8.18. The third kappa shape index (κ3) is 10.7. The van der Waals surface area contributed by atoms with Gasteiger partial charge in [-0.2, -0.15) is 0 Å². The van der Waals surface area contributed by atoms with E-state index in [1.54, 1.807) is 26.0 Å². The zero-order valence-corrected chi connectivity index (χ0v) is 20.0. The monoisotopic (exact) mass is 459 g/mol. The number of aliphatic hydroxyl groups is 1. The number of amides is 2. The van der Waals surface area contributed by atoms with Gasteiger partial charge in [-0.1, -0.05) is 37.3 Å². The van der Waals surface area contributed by atoms with Gasteiger partial charge in [0.2, 0.25) is 0 Å². The highest BCUT2D eigenvalue weighted by atomic mass is 19.1. The lowest BCUT2D eigenvalue weighted by molar-refractivity contribution is 0.00580. The number of allylic oxidation sites excluding steroid dienone is 4. The van der Waals surface area contributed by atoms with Gasteiger partial charge in [0.05, 0.1) is 5.60 Å². The molecule has 2 amide bonds. The molecule has 1 aliphatic heterocycles. The molecule has 0 unspecified atom stereocenters. The Labute approximate surface area is 197 Å². The molecule has 1 aromatic rings. The number of hydrogen-bond acceptors (Lipinski definition) is 4. The van der Waals surface area contributed by atoms with Crippen molar-refractivity contribution in [1.29, 1.82) is 0 Å². The first-order valence-corrected chi connectivity index (χ1v) is 11.7. The van der Waals surface area contributed by atoms with Gasteiger partial charge in [-0.25, -0.2) is 9.18 Å². The van der Waals surface area contributed by atoms with Crippen LogP contribution in [0.25, 0.3) is 0 Å². The van der Waals surface area contributed by atoms with Gasteiger partial charge in [0, 0.05) is 19.1 Å². The molecule has 0 bridgehead atoms. The molecule has 1 saturated heterocycles. The van der Waals surface area contributed by atoms with Crippen LogP contribution in [0.5, 0.6) is 0 Å². The van der Waals surface area contributed by atoms with E-state index in [2.05, 4.69) is 10.6 Å². The summed E-state index contributed by atoms with van der Waals surface area (Å²) in [6.07, 6.45) is 12.0. The zero-order chi connectivity index (χ0) is 24.1. The lowest BCUT2D eigenvalue weighted by Crippen LogP contribution is -2.49. The number of carbonyl (C=O) groups is 1. The Morgan fingerprint density at radius 2 is 1.97 bits per heavy atom. The van der Waals surface area contributed by atoms with Gasteiger partial charge in [0.25, 0.3) is 0 Å². The predicted octanol–water partition coefficient (Wildman–Crippen LogP) is 4.28. The highest BCUT2D eigenvalue weighted by Gasteiger charge is 2.25. The van der Waals surface area contributed by atoms with E-state index in [1.807, 2.05) is 42.2 Å². The summed E-state index contributed by atoms with van der Waals surface area (Å²) < 4.78 is 18.9. The Bertz CT molecular complexity index is 807. The van der Waals surface area contributed by atoms with Gasteiger partial charge in [-0.3, -0.25) is 0 Å². The van der Waals surface area contributed by atoms with E-state index >= 15 is 0 Å². The van der Waals surface area contributed by atoms with Gasteiger partial charge < -0.3 is 25.4 Å². The molecular formula is C26H38FN3O3. The summed E-state index contributed by atoms with van der Waals surface area (Å²) in [5.74, 6) is 0.365. The van der Waals surface area contributed by atoms with Crippen LogP contribution in [0.1, 0.15) is 45.6 Å². The maximum atomic E-state index is 13.3. The van der Waals surface area contributed by atoms with Gasteiger partial charge >= 0.3 is 6.03 Å². The Hall–Kier alpha value is -2.64. The van der Waals surface area contributed by atoms with Crippen molar-refractivity contribution in [3.05, 3.63) is 71.8 Å². The van der Waals surface area contributed by atoms with Crippen LogP contribution in [0.3, 0.4) is 0 Å². The van der Waals surface area contributed by atoms with Gasteiger partial charge in [0.15, 0.2) is 0 Å². The highest BCUT2D eigenvalue weighted by molar-refractivity contribution is 5.74. The average Bonchev–Trinajstić information content (AvgIpc) is 2.79. The van der Waals surface area contributed by atoms with Crippen molar-refractivity contribution >= 4 is 6.03 Å². The number of urea groups is 1. The van der Waals surface area contributed by atoms with Crippen molar-refractivity contribution in [2.45, 2.75) is 58.2 Å². The Morgan fingerprint density at radius 3 is 2.61 bits per heavy atom. The van der Waals surface area contributed by atoms with Crippen molar-refractivity contribution < 1.29 is 19.0 Å². The van der Waals surface area contributed by atoms with E-state index in [0.29, 0.717) is 18.8 Å². The maximum absolute atomic E-state index is 13.3. The second-order valence-electron chi connectivity index (χ2n) is 8.83. The fraction of sp³-hybridized carbons (Fsp3) is 0.500. The van der Waals surface area contributed by atoms with E-state index < -0.39 is 5.60 Å². The van der Waals surface area contributed by atoms with E-state index in [-0.39, 0.29) is 24.5 Å². The third-order valence-corrected chi connectivity index (χ3v) is 5.15. The van der Waals surface area contributed by atoms with Crippen LogP contribution in [-0.2, 0) is 11.3 Å². The SMILES string of the molecule is CC\C=C/C(=C\C=C\CNC(=O)N(Cc1ccc(F)cc1)C1CCNCC1)OCC(C)(C)O. The lowest BCUT2D eigenvalue weighted by Gasteiger charge is -2.34. The van der Waals surface area contributed by atoms with Crippen molar-refractivity contribution in [1.82, 2.24) is 15.5 Å². The number of benzene rings is 1. The van der Waals surface area contributed by atoms with E-state index in [0.717, 1.165) is 37.9 Å². The first-order chi connectivity index (χ1) is 15.8. The first-order valence-electron chi connectivity index (χ1n) is 11.7. The number of halogens is 1. The summed E-state index contributed by atoms with van der Waals surface area (Å²) in [4.78, 5) is 14.8. The number of nitrogens with zero attached hydrogens (tertiary/aromatic N) is 1. The van der Waals surface area contributed by atoms with Gasteiger partial charge in [-0.15, -0.1) is 0 Å². The quantitative estimate of drug-likeness (QED) is 0.341. The molecule has 7 heteroatoms. The van der Waals surface area contributed by atoms with Crippen LogP contribution >= 0.6 is 0 Å². The second-order valence-corrected chi connectivity index (χ2v) is 8.83. The van der Waals surface area contributed by atoms with Crippen molar-refractivity contribution in [2.24, 2.45) is 0 Å². The van der Waals surface area contributed by atoms with Gasteiger partial charge in [0.1, 0.15) is 18.2 Å². The smallest absolute Gasteiger partial charge is 0.318 e. The molecule has 0 radical (unpaired) electrons. The molecule has 33 heavy (non-hydrogen) atoms. The van der Waals surface area contributed by atoms with Crippen molar-refractivity contribution in [3.8, 4) is 0 Å². The largest absolute Gasteiger partial charge is 0.491 e. The molecule has 1 heterocycles. The van der Waals surface area contributed by atoms with Crippen LogP contribution in [0.4, 0.5) is 9.18 Å². The Morgan fingerprint density at radius 1 is 1.27 bits per heavy atom. The number of piperidine rings is 1. The number of carbonyl (C=O) groups excluding carboxylic acids is 1. The molecule has 0 aromatic heterocycles. The normalized spacial score (nSPS) is 15.8. The summed E-state index contributed by atoms with van der Waals surface area (Å²) in [5, 5.41) is 16.2. The second kappa shape index (κ2) is 13.8. The topological polar surface area (TPSA) is 73.8 Å². The molecule has 0 spiro atoms. The molecular weight excluding hydrogens is 421 g/mol. The van der Waals surface area contributed by atoms with Crippen LogP contribution < -0.4 is 10.6 Å². The minimum absolute atomic E-state index is 0.135. The Kier molecular flexibility index (Phi) is 11.1. The fourth-order valence-corrected chi connectivity index (χ4v) is 3.40. The maximum Gasteiger partial charge on any atom is 0.318 e. The van der Waals surface area contributed by atoms with Crippen LogP contribution in [0, 0.1) is 5.82 Å².